The monoisotopic (exact) mass is 302 g/mol. The molecule has 0 spiro atoms. The van der Waals surface area contributed by atoms with E-state index in [1.807, 2.05) is 0 Å². The first kappa shape index (κ1) is 16.0. The fourth-order valence-electron chi connectivity index (χ4n) is 0.199. The summed E-state index contributed by atoms with van der Waals surface area (Å²) >= 11 is 0. The van der Waals surface area contributed by atoms with E-state index in [-0.39, 0.29) is 0 Å². The summed E-state index contributed by atoms with van der Waals surface area (Å²) in [5, 5.41) is -11.4. The van der Waals surface area contributed by atoms with Gasteiger partial charge in [0.05, 0.1) is 0 Å². The molecular weight excluding hydrogens is 302 g/mol. The van der Waals surface area contributed by atoms with Crippen LogP contribution in [0.3, 0.4) is 0 Å². The summed E-state index contributed by atoms with van der Waals surface area (Å²) in [6.07, 6.45) is -12.4. The van der Waals surface area contributed by atoms with Crippen molar-refractivity contribution in [3.05, 3.63) is 0 Å². The smallest absolute Gasteiger partial charge is 0.183 e. The third kappa shape index (κ3) is 3.79. The molecule has 0 nitrogen and oxygen atoms in total. The fourth-order valence-corrected chi connectivity index (χ4v) is 1.79. The van der Waals surface area contributed by atoms with Crippen molar-refractivity contribution in [2.24, 2.45) is 0 Å². The Morgan fingerprint density at radius 1 is 0.438 bits per heavy atom. The van der Waals surface area contributed by atoms with E-state index in [1.165, 1.54) is 0 Å². The van der Waals surface area contributed by atoms with Gasteiger partial charge in [0.2, 0.25) is 0 Å². The van der Waals surface area contributed by atoms with Crippen LogP contribution >= 0.6 is 21.6 Å². The second-order valence-electron chi connectivity index (χ2n) is 2.20. The second-order valence-corrected chi connectivity index (χ2v) is 4.55. The Kier molecular flexibility index (Phi) is 4.35. The third-order valence-corrected chi connectivity index (χ3v) is 3.38. The van der Waals surface area contributed by atoms with E-state index in [4.69, 9.17) is 0 Å². The maximum absolute atomic E-state index is 12.0. The van der Waals surface area contributed by atoms with E-state index >= 15 is 0 Å². The minimum absolute atomic E-state index is 1.89. The minimum Gasteiger partial charge on any atom is -0.183 e. The Balaban J connectivity index is 4.59. The predicted molar refractivity (Wildman–Crippen MR) is 37.2 cm³/mol. The topological polar surface area (TPSA) is 0 Å². The van der Waals surface area contributed by atoms with Crippen LogP contribution in [-0.2, 0) is 0 Å². The molecule has 0 aromatic rings. The van der Waals surface area contributed by atoms with E-state index in [0.29, 0.717) is 0 Å². The molecule has 0 bridgehead atoms. The third-order valence-electron chi connectivity index (χ3n) is 0.911. The van der Waals surface area contributed by atoms with Crippen LogP contribution in [0.5, 0.6) is 0 Å². The van der Waals surface area contributed by atoms with Gasteiger partial charge in [-0.1, -0.05) is 0 Å². The highest BCUT2D eigenvalue weighted by molar-refractivity contribution is 8.77. The number of hydrogen-bond acceptors (Lipinski definition) is 2. The lowest BCUT2D eigenvalue weighted by molar-refractivity contribution is -0.239. The molecule has 16 heavy (non-hydrogen) atoms. The first-order valence-corrected chi connectivity index (χ1v) is 5.11. The van der Waals surface area contributed by atoms with E-state index in [0.717, 1.165) is 0 Å². The quantitative estimate of drug-likeness (QED) is 0.548. The largest absolute Gasteiger partial charge is 0.464 e. The predicted octanol–water partition coefficient (Wildman–Crippen LogP) is 4.68. The molecule has 12 heteroatoms. The van der Waals surface area contributed by atoms with Crippen molar-refractivity contribution in [2.45, 2.75) is 22.9 Å². The van der Waals surface area contributed by atoms with E-state index < -0.39 is 44.4 Å². The summed E-state index contributed by atoms with van der Waals surface area (Å²) in [5.41, 5.74) is 0. The van der Waals surface area contributed by atoms with Gasteiger partial charge in [-0.2, -0.15) is 43.9 Å². The molecule has 0 saturated heterocycles. The molecule has 98 valence electrons. The molecule has 0 N–H and O–H groups in total. The van der Waals surface area contributed by atoms with Gasteiger partial charge >= 0.3 is 22.9 Å². The van der Waals surface area contributed by atoms with Crippen LogP contribution in [0.2, 0.25) is 0 Å². The van der Waals surface area contributed by atoms with Crippen LogP contribution in [0, 0.1) is 0 Å². The summed E-state index contributed by atoms with van der Waals surface area (Å²) in [6, 6.07) is 0. The van der Waals surface area contributed by atoms with Crippen LogP contribution in [0.4, 0.5) is 43.9 Å². The number of alkyl halides is 10. The highest BCUT2D eigenvalue weighted by Crippen LogP contribution is 2.57. The van der Waals surface area contributed by atoms with E-state index in [2.05, 4.69) is 0 Å². The molecular formula is C4F10S2. The van der Waals surface area contributed by atoms with Crippen LogP contribution in [-0.4, -0.2) is 22.9 Å². The van der Waals surface area contributed by atoms with Gasteiger partial charge in [-0.15, -0.1) is 0 Å². The van der Waals surface area contributed by atoms with Crippen molar-refractivity contribution in [2.75, 3.05) is 0 Å². The second kappa shape index (κ2) is 4.35. The van der Waals surface area contributed by atoms with Gasteiger partial charge in [-0.05, 0) is 21.6 Å². The van der Waals surface area contributed by atoms with Crippen LogP contribution < -0.4 is 0 Å². The number of rotatable bonds is 3. The van der Waals surface area contributed by atoms with Crippen molar-refractivity contribution in [3.63, 3.8) is 0 Å². The van der Waals surface area contributed by atoms with Gasteiger partial charge in [-0.3, -0.25) is 0 Å². The molecule has 0 heterocycles. The molecule has 0 fully saturated rings. The number of halogens is 10. The molecule has 0 rings (SSSR count). The van der Waals surface area contributed by atoms with Crippen molar-refractivity contribution >= 4 is 21.6 Å². The molecule has 0 aliphatic carbocycles. The van der Waals surface area contributed by atoms with Crippen LogP contribution in [0.15, 0.2) is 0 Å². The van der Waals surface area contributed by atoms with Gasteiger partial charge in [-0.25, -0.2) is 0 Å². The Morgan fingerprint density at radius 3 is 0.750 bits per heavy atom. The van der Waals surface area contributed by atoms with Gasteiger partial charge in [0.25, 0.3) is 0 Å². The maximum atomic E-state index is 12.0. The summed E-state index contributed by atoms with van der Waals surface area (Å²) in [4.78, 5) is 0. The van der Waals surface area contributed by atoms with Crippen molar-refractivity contribution in [3.8, 4) is 0 Å². The fraction of sp³-hybridized carbons (Fsp3) is 1.00. The van der Waals surface area contributed by atoms with Gasteiger partial charge < -0.3 is 0 Å². The Hall–Kier alpha value is -0.000000000000000111. The van der Waals surface area contributed by atoms with Gasteiger partial charge in [0.1, 0.15) is 0 Å². The maximum Gasteiger partial charge on any atom is 0.464 e. The van der Waals surface area contributed by atoms with Crippen molar-refractivity contribution < 1.29 is 43.9 Å². The molecule has 0 aromatic heterocycles. The zero-order valence-electron chi connectivity index (χ0n) is 6.60. The highest BCUT2D eigenvalue weighted by atomic mass is 33.1. The Bertz CT molecular complexity index is 212. The van der Waals surface area contributed by atoms with E-state index in [9.17, 15) is 43.9 Å². The number of hydrogen-bond donors (Lipinski definition) is 0. The molecule has 0 saturated carbocycles. The molecule has 0 atom stereocenters. The molecule has 0 aliphatic heterocycles. The Morgan fingerprint density at radius 2 is 0.625 bits per heavy atom. The standard InChI is InChI=1S/C4F10S2/c5-1(6,7)3(11,12)15-16-4(13,14)2(8,9)10. The summed E-state index contributed by atoms with van der Waals surface area (Å²) in [7, 11) is -3.78. The van der Waals surface area contributed by atoms with Gasteiger partial charge in [0.15, 0.2) is 0 Å². The van der Waals surface area contributed by atoms with Crippen molar-refractivity contribution in [1.29, 1.82) is 0 Å². The zero-order chi connectivity index (χ0) is 13.4. The zero-order valence-corrected chi connectivity index (χ0v) is 8.23. The summed E-state index contributed by atoms with van der Waals surface area (Å²) in [5.74, 6) is 0. The molecule has 0 radical (unpaired) electrons. The summed E-state index contributed by atoms with van der Waals surface area (Å²) < 4.78 is 116. The van der Waals surface area contributed by atoms with Crippen LogP contribution in [0.1, 0.15) is 0 Å². The van der Waals surface area contributed by atoms with Gasteiger partial charge in [0, 0.05) is 0 Å². The molecule has 0 aromatic carbocycles. The first-order valence-electron chi connectivity index (χ1n) is 2.96. The summed E-state index contributed by atoms with van der Waals surface area (Å²) in [6.45, 7) is 0. The van der Waals surface area contributed by atoms with Crippen LogP contribution in [0.25, 0.3) is 0 Å². The lowest BCUT2D eigenvalue weighted by Crippen LogP contribution is -2.36. The Labute approximate surface area is 89.1 Å². The normalized spacial score (nSPS) is 15.4. The SMILES string of the molecule is FC(F)(F)C(F)(F)SSC(F)(F)C(F)(F)F. The average molecular weight is 302 g/mol. The molecule has 0 unspecified atom stereocenters. The van der Waals surface area contributed by atoms with E-state index in [1.54, 1.807) is 0 Å². The lowest BCUT2D eigenvalue weighted by Gasteiger charge is -2.22. The molecule has 0 amide bonds. The minimum atomic E-state index is -6.20. The first-order chi connectivity index (χ1) is 6.71. The lowest BCUT2D eigenvalue weighted by atomic mass is 10.7. The molecule has 0 aliphatic rings. The highest BCUT2D eigenvalue weighted by Gasteiger charge is 2.64. The van der Waals surface area contributed by atoms with Crippen molar-refractivity contribution in [1.82, 2.24) is 0 Å². The average Bonchev–Trinajstić information content (AvgIpc) is 1.97.